The summed E-state index contributed by atoms with van der Waals surface area (Å²) in [6.45, 7) is 8.33. The highest BCUT2D eigenvalue weighted by Crippen LogP contribution is 2.70. The molecule has 20 heavy (non-hydrogen) atoms. The van der Waals surface area contributed by atoms with Gasteiger partial charge in [0.1, 0.15) is 0 Å². The minimum Gasteiger partial charge on any atom is -0.274 e. The molecule has 2 saturated carbocycles. The lowest BCUT2D eigenvalue weighted by Crippen LogP contribution is -2.44. The van der Waals surface area contributed by atoms with Crippen LogP contribution in [0, 0.1) is 22.7 Å². The lowest BCUT2D eigenvalue weighted by Gasteiger charge is -2.37. The molecule has 2 bridgehead atoms. The molecule has 114 valence electrons. The van der Waals surface area contributed by atoms with Gasteiger partial charge in [0, 0.05) is 11.8 Å². The summed E-state index contributed by atoms with van der Waals surface area (Å²) >= 11 is 0. The number of fused-ring (bicyclic) bond motifs is 1. The molecular weight excluding hydrogens is 275 g/mol. The highest BCUT2D eigenvalue weighted by atomic mass is 32.2. The van der Waals surface area contributed by atoms with Crippen molar-refractivity contribution in [3.63, 3.8) is 0 Å². The number of nitrogens with zero attached hydrogens (tertiary/aromatic N) is 1. The molecule has 0 radical (unpaired) electrons. The van der Waals surface area contributed by atoms with Crippen LogP contribution >= 0.6 is 0 Å². The molecule has 4 nitrogen and oxygen atoms in total. The molecule has 2 aliphatic carbocycles. The van der Waals surface area contributed by atoms with Gasteiger partial charge in [-0.25, -0.2) is 12.7 Å². The third-order valence-electron chi connectivity index (χ3n) is 6.24. The van der Waals surface area contributed by atoms with Gasteiger partial charge in [0.25, 0.3) is 0 Å². The SMILES string of the molecule is C[C@@H]([13CH3])CC(=O)N1[C@@H]2C[C@H]3CC[C@]2(CS1(=O)=O)C3(C)C. The Morgan fingerprint density at radius 3 is 2.55 bits per heavy atom. The zero-order valence-electron chi connectivity index (χ0n) is 12.8. The van der Waals surface area contributed by atoms with Gasteiger partial charge in [-0.05, 0) is 36.5 Å². The second-order valence-corrected chi connectivity index (χ2v) is 9.75. The predicted molar refractivity (Wildman–Crippen MR) is 77.4 cm³/mol. The third-order valence-corrected chi connectivity index (χ3v) is 8.18. The van der Waals surface area contributed by atoms with E-state index < -0.39 is 10.0 Å². The number of amides is 1. The zero-order chi connectivity index (χ0) is 14.9. The van der Waals surface area contributed by atoms with E-state index in [9.17, 15) is 13.2 Å². The van der Waals surface area contributed by atoms with Crippen molar-refractivity contribution >= 4 is 15.9 Å². The molecule has 0 aromatic carbocycles. The maximum absolute atomic E-state index is 12.6. The maximum Gasteiger partial charge on any atom is 0.238 e. The molecule has 3 rings (SSSR count). The van der Waals surface area contributed by atoms with Crippen LogP contribution in [-0.2, 0) is 14.8 Å². The fourth-order valence-electron chi connectivity index (χ4n) is 5.06. The molecule has 1 saturated heterocycles. The van der Waals surface area contributed by atoms with Crippen LogP contribution in [0.3, 0.4) is 0 Å². The number of rotatable bonds is 2. The topological polar surface area (TPSA) is 54.5 Å². The van der Waals surface area contributed by atoms with E-state index in [1.165, 1.54) is 4.31 Å². The quantitative estimate of drug-likeness (QED) is 0.736. The summed E-state index contributed by atoms with van der Waals surface area (Å²) in [7, 11) is -3.42. The van der Waals surface area contributed by atoms with Crippen LogP contribution in [0.1, 0.15) is 53.4 Å². The summed E-state index contributed by atoms with van der Waals surface area (Å²) in [5.74, 6) is 0.751. The van der Waals surface area contributed by atoms with Crippen molar-refractivity contribution < 1.29 is 13.2 Å². The van der Waals surface area contributed by atoms with Gasteiger partial charge in [-0.3, -0.25) is 4.79 Å². The zero-order valence-corrected chi connectivity index (χ0v) is 13.7. The van der Waals surface area contributed by atoms with Gasteiger partial charge < -0.3 is 0 Å². The lowest BCUT2D eigenvalue weighted by molar-refractivity contribution is -0.129. The summed E-state index contributed by atoms with van der Waals surface area (Å²) in [6.07, 6.45) is 3.28. The Morgan fingerprint density at radius 1 is 1.35 bits per heavy atom. The highest BCUT2D eigenvalue weighted by Gasteiger charge is 2.72. The van der Waals surface area contributed by atoms with Crippen molar-refractivity contribution in [3.8, 4) is 0 Å². The summed E-state index contributed by atoms with van der Waals surface area (Å²) in [5.41, 5.74) is -0.152. The van der Waals surface area contributed by atoms with Crippen LogP contribution in [0.5, 0.6) is 0 Å². The largest absolute Gasteiger partial charge is 0.274 e. The first kappa shape index (κ1) is 14.4. The van der Waals surface area contributed by atoms with Crippen LogP contribution in [-0.4, -0.2) is 30.4 Å². The normalized spacial score (nSPS) is 41.7. The van der Waals surface area contributed by atoms with Crippen molar-refractivity contribution in [1.82, 2.24) is 4.31 Å². The van der Waals surface area contributed by atoms with E-state index in [-0.39, 0.29) is 34.4 Å². The van der Waals surface area contributed by atoms with E-state index in [4.69, 9.17) is 0 Å². The van der Waals surface area contributed by atoms with Crippen LogP contribution < -0.4 is 0 Å². The van der Waals surface area contributed by atoms with Crippen LogP contribution in [0.4, 0.5) is 0 Å². The average molecular weight is 300 g/mol. The van der Waals surface area contributed by atoms with Gasteiger partial charge in [-0.1, -0.05) is 27.7 Å². The number of hydrogen-bond donors (Lipinski definition) is 0. The molecule has 0 aromatic rings. The first-order valence-corrected chi connectivity index (χ1v) is 9.28. The van der Waals surface area contributed by atoms with Gasteiger partial charge in [-0.2, -0.15) is 0 Å². The highest BCUT2D eigenvalue weighted by molar-refractivity contribution is 7.90. The molecule has 1 aliphatic heterocycles. The number of sulfonamides is 1. The van der Waals surface area contributed by atoms with Gasteiger partial charge in [0.05, 0.1) is 11.8 Å². The van der Waals surface area contributed by atoms with Crippen molar-refractivity contribution in [2.24, 2.45) is 22.7 Å². The molecule has 3 fully saturated rings. The number of carbonyl (C=O) groups excluding carboxylic acids is 1. The van der Waals surface area contributed by atoms with E-state index in [0.717, 1.165) is 19.3 Å². The van der Waals surface area contributed by atoms with Crippen LogP contribution in [0.25, 0.3) is 0 Å². The standard InChI is InChI=1S/C15H25NO3S/c1-10(2)7-13(17)16-12-8-11-5-6-15(12,14(11,3)4)9-20(16,18)19/h10-12H,5-9H2,1-4H3/t11-,12-,15-/m1/s1/i1+1/t10-,11-,12-,15-. The molecule has 0 N–H and O–H groups in total. The second-order valence-electron chi connectivity index (χ2n) is 7.91. The Hall–Kier alpha value is -0.580. The van der Waals surface area contributed by atoms with Gasteiger partial charge in [0.15, 0.2) is 0 Å². The molecule has 4 atom stereocenters. The van der Waals surface area contributed by atoms with Crippen molar-refractivity contribution in [2.45, 2.75) is 59.4 Å². The Labute approximate surface area is 122 Å². The molecule has 0 unspecified atom stereocenters. The molecule has 1 spiro atoms. The van der Waals surface area contributed by atoms with Crippen molar-refractivity contribution in [3.05, 3.63) is 0 Å². The fraction of sp³-hybridized carbons (Fsp3) is 0.933. The van der Waals surface area contributed by atoms with Crippen molar-refractivity contribution in [1.29, 1.82) is 0 Å². The molecule has 5 heteroatoms. The number of carbonyl (C=O) groups is 1. The van der Waals surface area contributed by atoms with Crippen LogP contribution in [0.15, 0.2) is 0 Å². The van der Waals surface area contributed by atoms with Gasteiger partial charge in [-0.15, -0.1) is 0 Å². The van der Waals surface area contributed by atoms with E-state index in [1.807, 2.05) is 13.8 Å². The first-order chi connectivity index (χ1) is 9.12. The Morgan fingerprint density at radius 2 is 2.00 bits per heavy atom. The lowest BCUT2D eigenvalue weighted by atomic mass is 9.69. The fourth-order valence-corrected chi connectivity index (χ4v) is 7.62. The second kappa shape index (κ2) is 3.99. The summed E-state index contributed by atoms with van der Waals surface area (Å²) in [5, 5.41) is 0. The van der Waals surface area contributed by atoms with Crippen LogP contribution in [0.2, 0.25) is 0 Å². The van der Waals surface area contributed by atoms with Gasteiger partial charge in [0.2, 0.25) is 15.9 Å². The average Bonchev–Trinajstić information content (AvgIpc) is 2.73. The summed E-state index contributed by atoms with van der Waals surface area (Å²) in [6, 6.07) is -0.0764. The molecule has 0 aromatic heterocycles. The van der Waals surface area contributed by atoms with Gasteiger partial charge >= 0.3 is 0 Å². The smallest absolute Gasteiger partial charge is 0.238 e. The maximum atomic E-state index is 12.6. The summed E-state index contributed by atoms with van der Waals surface area (Å²) < 4.78 is 26.4. The Kier molecular flexibility index (Phi) is 2.87. The molecule has 1 amide bonds. The summed E-state index contributed by atoms with van der Waals surface area (Å²) in [4.78, 5) is 12.4. The van der Waals surface area contributed by atoms with E-state index in [2.05, 4.69) is 13.8 Å². The minimum absolute atomic E-state index is 0.0393. The Balaban J connectivity index is 2.00. The molecule has 3 aliphatic rings. The third kappa shape index (κ3) is 1.59. The van der Waals surface area contributed by atoms with E-state index in [0.29, 0.717) is 12.3 Å². The first-order valence-electron chi connectivity index (χ1n) is 7.67. The minimum atomic E-state index is -3.42. The van der Waals surface area contributed by atoms with E-state index >= 15 is 0 Å². The monoisotopic (exact) mass is 300 g/mol. The molecule has 1 heterocycles. The van der Waals surface area contributed by atoms with Crippen molar-refractivity contribution in [2.75, 3.05) is 5.75 Å². The molecular formula is C15H25NO3S. The number of hydrogen-bond acceptors (Lipinski definition) is 3. The predicted octanol–water partition coefficient (Wildman–Crippen LogP) is 2.40. The van der Waals surface area contributed by atoms with E-state index in [1.54, 1.807) is 0 Å². The Bertz CT molecular complexity index is 551.